The molecule has 0 heterocycles. The summed E-state index contributed by atoms with van der Waals surface area (Å²) in [4.78, 5) is 0. The fraction of sp³-hybridized carbons (Fsp3) is 0.250. The van der Waals surface area contributed by atoms with Gasteiger partial charge in [0.25, 0.3) is 0 Å². The molecular formula is C16H17Cl2NO. The standard InChI is InChI=1S/C16H17Cl2NO/c1-3-15(19-2)11-5-4-6-13(9-11)20-16-10-12(17)7-8-14(16)18/h4-10,15,19H,3H2,1-2H3. The molecule has 2 nitrogen and oxygen atoms in total. The maximum Gasteiger partial charge on any atom is 0.147 e. The first-order valence-electron chi connectivity index (χ1n) is 6.54. The van der Waals surface area contributed by atoms with Crippen molar-refractivity contribution in [1.29, 1.82) is 0 Å². The van der Waals surface area contributed by atoms with Crippen LogP contribution in [0.4, 0.5) is 0 Å². The SMILES string of the molecule is CCC(NC)c1cccc(Oc2cc(Cl)ccc2Cl)c1. The quantitative estimate of drug-likeness (QED) is 0.792. The lowest BCUT2D eigenvalue weighted by atomic mass is 10.0. The Bertz CT molecular complexity index is 582. The summed E-state index contributed by atoms with van der Waals surface area (Å²) in [5.41, 5.74) is 1.19. The van der Waals surface area contributed by atoms with Gasteiger partial charge in [-0.25, -0.2) is 0 Å². The summed E-state index contributed by atoms with van der Waals surface area (Å²) in [7, 11) is 1.95. The number of halogens is 2. The average Bonchev–Trinajstić information content (AvgIpc) is 2.45. The zero-order chi connectivity index (χ0) is 14.5. The van der Waals surface area contributed by atoms with Gasteiger partial charge in [-0.3, -0.25) is 0 Å². The molecule has 1 atom stereocenters. The lowest BCUT2D eigenvalue weighted by molar-refractivity contribution is 0.479. The Morgan fingerprint density at radius 3 is 2.65 bits per heavy atom. The summed E-state index contributed by atoms with van der Waals surface area (Å²) >= 11 is 12.1. The minimum Gasteiger partial charge on any atom is -0.456 e. The Labute approximate surface area is 129 Å². The summed E-state index contributed by atoms with van der Waals surface area (Å²) in [6.45, 7) is 2.14. The first-order valence-corrected chi connectivity index (χ1v) is 7.29. The number of ether oxygens (including phenoxy) is 1. The Hall–Kier alpha value is -1.22. The third-order valence-electron chi connectivity index (χ3n) is 3.14. The Balaban J connectivity index is 2.25. The molecule has 4 heteroatoms. The smallest absolute Gasteiger partial charge is 0.147 e. The molecule has 0 bridgehead atoms. The van der Waals surface area contributed by atoms with Gasteiger partial charge in [-0.2, -0.15) is 0 Å². The third-order valence-corrected chi connectivity index (χ3v) is 3.69. The van der Waals surface area contributed by atoms with Gasteiger partial charge in [-0.05, 0) is 43.3 Å². The fourth-order valence-corrected chi connectivity index (χ4v) is 2.40. The summed E-state index contributed by atoms with van der Waals surface area (Å²) < 4.78 is 5.83. The van der Waals surface area contributed by atoms with E-state index < -0.39 is 0 Å². The summed E-state index contributed by atoms with van der Waals surface area (Å²) in [6.07, 6.45) is 1.01. The van der Waals surface area contributed by atoms with E-state index in [1.54, 1.807) is 18.2 Å². The van der Waals surface area contributed by atoms with Crippen LogP contribution in [0.25, 0.3) is 0 Å². The van der Waals surface area contributed by atoms with Gasteiger partial charge in [-0.1, -0.05) is 42.3 Å². The maximum atomic E-state index is 6.11. The Morgan fingerprint density at radius 1 is 1.15 bits per heavy atom. The summed E-state index contributed by atoms with van der Waals surface area (Å²) in [5, 5.41) is 4.42. The minimum absolute atomic E-state index is 0.313. The number of nitrogens with one attached hydrogen (secondary N) is 1. The van der Waals surface area contributed by atoms with Gasteiger partial charge in [0.05, 0.1) is 5.02 Å². The average molecular weight is 310 g/mol. The van der Waals surface area contributed by atoms with Gasteiger partial charge in [0, 0.05) is 17.1 Å². The normalized spacial score (nSPS) is 12.2. The number of hydrogen-bond donors (Lipinski definition) is 1. The molecule has 2 aromatic carbocycles. The Morgan fingerprint density at radius 2 is 1.95 bits per heavy atom. The molecule has 2 rings (SSSR count). The zero-order valence-electron chi connectivity index (χ0n) is 11.5. The van der Waals surface area contributed by atoms with Crippen LogP contribution >= 0.6 is 23.2 Å². The first kappa shape index (κ1) is 15.2. The summed E-state index contributed by atoms with van der Waals surface area (Å²) in [5.74, 6) is 1.31. The largest absolute Gasteiger partial charge is 0.456 e. The van der Waals surface area contributed by atoms with Gasteiger partial charge in [0.2, 0.25) is 0 Å². The van der Waals surface area contributed by atoms with Crippen LogP contribution in [0.15, 0.2) is 42.5 Å². The van der Waals surface area contributed by atoms with Crippen molar-refractivity contribution in [3.63, 3.8) is 0 Å². The second kappa shape index (κ2) is 6.98. The van der Waals surface area contributed by atoms with Crippen molar-refractivity contribution in [3.8, 4) is 11.5 Å². The Kier molecular flexibility index (Phi) is 5.30. The van der Waals surface area contributed by atoms with Crippen molar-refractivity contribution in [2.24, 2.45) is 0 Å². The minimum atomic E-state index is 0.313. The van der Waals surface area contributed by atoms with Gasteiger partial charge < -0.3 is 10.1 Å². The third kappa shape index (κ3) is 3.66. The van der Waals surface area contributed by atoms with Crippen molar-refractivity contribution in [2.45, 2.75) is 19.4 Å². The molecule has 0 aliphatic rings. The van der Waals surface area contributed by atoms with Crippen molar-refractivity contribution in [2.75, 3.05) is 7.05 Å². The molecule has 0 saturated carbocycles. The number of benzene rings is 2. The van der Waals surface area contributed by atoms with Crippen molar-refractivity contribution in [1.82, 2.24) is 5.32 Å². The van der Waals surface area contributed by atoms with Crippen molar-refractivity contribution in [3.05, 3.63) is 58.1 Å². The van der Waals surface area contributed by atoms with Crippen LogP contribution in [-0.4, -0.2) is 7.05 Å². The summed E-state index contributed by atoms with van der Waals surface area (Å²) in [6, 6.07) is 13.5. The van der Waals surface area contributed by atoms with Crippen LogP contribution in [0.3, 0.4) is 0 Å². The topological polar surface area (TPSA) is 21.3 Å². The molecule has 0 aromatic heterocycles. The van der Waals surface area contributed by atoms with E-state index in [-0.39, 0.29) is 0 Å². The molecule has 0 fully saturated rings. The van der Waals surface area contributed by atoms with E-state index in [0.717, 1.165) is 12.2 Å². The van der Waals surface area contributed by atoms with Crippen molar-refractivity contribution >= 4 is 23.2 Å². The molecule has 1 N–H and O–H groups in total. The lowest BCUT2D eigenvalue weighted by Crippen LogP contribution is -2.14. The predicted molar refractivity (Wildman–Crippen MR) is 85.1 cm³/mol. The van der Waals surface area contributed by atoms with E-state index in [1.807, 2.05) is 25.2 Å². The van der Waals surface area contributed by atoms with E-state index >= 15 is 0 Å². The van der Waals surface area contributed by atoms with Crippen LogP contribution in [0.5, 0.6) is 11.5 Å². The zero-order valence-corrected chi connectivity index (χ0v) is 13.0. The molecule has 0 radical (unpaired) electrons. The molecule has 0 spiro atoms. The van der Waals surface area contributed by atoms with Crippen molar-refractivity contribution < 1.29 is 4.74 Å². The molecule has 0 saturated heterocycles. The second-order valence-electron chi connectivity index (χ2n) is 4.50. The highest BCUT2D eigenvalue weighted by molar-refractivity contribution is 6.34. The molecule has 1 unspecified atom stereocenters. The van der Waals surface area contributed by atoms with E-state index in [0.29, 0.717) is 21.8 Å². The van der Waals surface area contributed by atoms with Gasteiger partial charge in [0.15, 0.2) is 0 Å². The highest BCUT2D eigenvalue weighted by Gasteiger charge is 2.09. The van der Waals surface area contributed by atoms with Gasteiger partial charge in [-0.15, -0.1) is 0 Å². The van der Waals surface area contributed by atoms with E-state index in [1.165, 1.54) is 5.56 Å². The van der Waals surface area contributed by atoms with E-state index in [9.17, 15) is 0 Å². The molecule has 20 heavy (non-hydrogen) atoms. The second-order valence-corrected chi connectivity index (χ2v) is 5.34. The van der Waals surface area contributed by atoms with Crippen LogP contribution in [0.1, 0.15) is 24.9 Å². The van der Waals surface area contributed by atoms with Crippen LogP contribution in [-0.2, 0) is 0 Å². The van der Waals surface area contributed by atoms with Gasteiger partial charge in [0.1, 0.15) is 11.5 Å². The molecule has 0 aliphatic heterocycles. The van der Waals surface area contributed by atoms with Crippen LogP contribution in [0, 0.1) is 0 Å². The molecule has 0 aliphatic carbocycles. The lowest BCUT2D eigenvalue weighted by Gasteiger charge is -2.15. The van der Waals surface area contributed by atoms with Crippen LogP contribution < -0.4 is 10.1 Å². The fourth-order valence-electron chi connectivity index (χ4n) is 2.08. The number of hydrogen-bond acceptors (Lipinski definition) is 2. The van der Waals surface area contributed by atoms with E-state index in [2.05, 4.69) is 18.3 Å². The highest BCUT2D eigenvalue weighted by Crippen LogP contribution is 2.32. The van der Waals surface area contributed by atoms with E-state index in [4.69, 9.17) is 27.9 Å². The highest BCUT2D eigenvalue weighted by atomic mass is 35.5. The first-order chi connectivity index (χ1) is 9.63. The molecule has 0 amide bonds. The molecule has 2 aromatic rings. The van der Waals surface area contributed by atoms with Crippen LogP contribution in [0.2, 0.25) is 10.0 Å². The predicted octanol–water partition coefficient (Wildman–Crippen LogP) is 5.46. The molecular weight excluding hydrogens is 293 g/mol. The maximum absolute atomic E-state index is 6.11. The molecule has 106 valence electrons. The number of rotatable bonds is 5. The monoisotopic (exact) mass is 309 g/mol. The van der Waals surface area contributed by atoms with Gasteiger partial charge >= 0.3 is 0 Å².